The molecule has 2 aromatic rings. The summed E-state index contributed by atoms with van der Waals surface area (Å²) >= 11 is 0. The molecular weight excluding hydrogens is 416 g/mol. The zero-order valence-corrected chi connectivity index (χ0v) is 19.6. The van der Waals surface area contributed by atoms with E-state index in [2.05, 4.69) is 17.3 Å². The summed E-state index contributed by atoms with van der Waals surface area (Å²) in [6.45, 7) is 6.72. The van der Waals surface area contributed by atoms with Crippen molar-refractivity contribution >= 4 is 18.4 Å². The van der Waals surface area contributed by atoms with Crippen LogP contribution < -0.4 is 11.0 Å². The number of methoxy groups -OCH3 is 1. The lowest BCUT2D eigenvalue weighted by Crippen LogP contribution is -2.30. The van der Waals surface area contributed by atoms with E-state index in [0.29, 0.717) is 24.7 Å². The molecule has 0 radical (unpaired) electrons. The Bertz CT molecular complexity index is 885. The second-order valence-corrected chi connectivity index (χ2v) is 8.25. The second-order valence-electron chi connectivity index (χ2n) is 8.25. The highest BCUT2D eigenvalue weighted by atomic mass is 35.5. The summed E-state index contributed by atoms with van der Waals surface area (Å²) in [6.07, 6.45) is 5.70. The summed E-state index contributed by atoms with van der Waals surface area (Å²) in [6, 6.07) is 7.84. The first-order valence-corrected chi connectivity index (χ1v) is 11.1. The smallest absolute Gasteiger partial charge is 0.350 e. The van der Waals surface area contributed by atoms with E-state index in [4.69, 9.17) is 4.74 Å². The van der Waals surface area contributed by atoms with Gasteiger partial charge < -0.3 is 10.1 Å². The molecule has 2 heterocycles. The molecule has 3 rings (SSSR count). The number of nitrogens with one attached hydrogen (secondary N) is 1. The number of hydrogen-bond acceptors (Lipinski definition) is 5. The van der Waals surface area contributed by atoms with Gasteiger partial charge >= 0.3 is 11.7 Å². The maximum atomic E-state index is 12.9. The summed E-state index contributed by atoms with van der Waals surface area (Å²) in [5.41, 5.74) is 1.78. The van der Waals surface area contributed by atoms with Crippen LogP contribution in [0.3, 0.4) is 0 Å². The molecule has 172 valence electrons. The van der Waals surface area contributed by atoms with Crippen LogP contribution in [0, 0.1) is 18.8 Å². The molecule has 1 saturated heterocycles. The fourth-order valence-corrected chi connectivity index (χ4v) is 4.32. The van der Waals surface area contributed by atoms with Crippen LogP contribution in [0.2, 0.25) is 0 Å². The Labute approximate surface area is 190 Å². The van der Waals surface area contributed by atoms with Crippen molar-refractivity contribution in [3.8, 4) is 5.69 Å². The van der Waals surface area contributed by atoms with Gasteiger partial charge in [0.25, 0.3) is 0 Å². The summed E-state index contributed by atoms with van der Waals surface area (Å²) in [5, 5.41) is 7.87. The molecule has 1 aromatic heterocycles. The monoisotopic (exact) mass is 450 g/mol. The Morgan fingerprint density at radius 1 is 1.26 bits per heavy atom. The van der Waals surface area contributed by atoms with Gasteiger partial charge in [-0.05, 0) is 75.7 Å². The van der Waals surface area contributed by atoms with Crippen molar-refractivity contribution in [1.82, 2.24) is 19.7 Å². The Morgan fingerprint density at radius 2 is 1.94 bits per heavy atom. The minimum absolute atomic E-state index is 0. The molecule has 1 unspecified atom stereocenters. The first-order chi connectivity index (χ1) is 14.5. The predicted molar refractivity (Wildman–Crippen MR) is 124 cm³/mol. The molecule has 1 N–H and O–H groups in total. The van der Waals surface area contributed by atoms with Crippen LogP contribution in [-0.4, -0.2) is 40.5 Å². The molecule has 7 nitrogen and oxygen atoms in total. The highest BCUT2D eigenvalue weighted by Crippen LogP contribution is 2.19. The summed E-state index contributed by atoms with van der Waals surface area (Å²) < 4.78 is 8.19. The molecule has 0 amide bonds. The van der Waals surface area contributed by atoms with Crippen LogP contribution in [-0.2, 0) is 22.5 Å². The molecule has 0 bridgehead atoms. The number of halogens is 1. The van der Waals surface area contributed by atoms with E-state index in [1.54, 1.807) is 9.25 Å². The van der Waals surface area contributed by atoms with Gasteiger partial charge in [-0.15, -0.1) is 12.4 Å². The summed E-state index contributed by atoms with van der Waals surface area (Å²) in [7, 11) is 1.44. The van der Waals surface area contributed by atoms with Crippen molar-refractivity contribution < 1.29 is 9.53 Å². The number of esters is 1. The highest BCUT2D eigenvalue weighted by molar-refractivity contribution is 5.85. The van der Waals surface area contributed by atoms with Gasteiger partial charge in [-0.2, -0.15) is 5.10 Å². The Hall–Kier alpha value is -2.12. The number of piperidine rings is 1. The lowest BCUT2D eigenvalue weighted by molar-refractivity contribution is -0.145. The highest BCUT2D eigenvalue weighted by Gasteiger charge is 2.19. The van der Waals surface area contributed by atoms with Gasteiger partial charge in [0, 0.05) is 6.54 Å². The Kier molecular flexibility index (Phi) is 9.78. The van der Waals surface area contributed by atoms with Crippen LogP contribution >= 0.6 is 12.4 Å². The third-order valence-corrected chi connectivity index (χ3v) is 6.06. The molecule has 8 heteroatoms. The largest absolute Gasteiger partial charge is 0.469 e. The standard InChI is InChI=1S/C23H34N4O3.ClH/c1-4-5-20(22(28)30-3)16-19-6-8-21(9-7-19)27-17(2)25-26(23(27)29)15-12-18-10-13-24-14-11-18;/h6-9,18,20,24H,4-5,10-16H2,1-3H3;1H. The number of hydrogen-bond donors (Lipinski definition) is 1. The maximum Gasteiger partial charge on any atom is 0.350 e. The van der Waals surface area contributed by atoms with Crippen molar-refractivity contribution in [2.24, 2.45) is 11.8 Å². The van der Waals surface area contributed by atoms with Gasteiger partial charge in [-0.3, -0.25) is 4.79 Å². The van der Waals surface area contributed by atoms with Gasteiger partial charge in [0.2, 0.25) is 0 Å². The number of aryl methyl sites for hydroxylation is 2. The molecule has 1 aliphatic heterocycles. The molecule has 0 spiro atoms. The number of aromatic nitrogens is 3. The first kappa shape index (κ1) is 25.1. The number of carbonyl (C=O) groups excluding carboxylic acids is 1. The van der Waals surface area contributed by atoms with Crippen LogP contribution in [0.4, 0.5) is 0 Å². The second kappa shape index (κ2) is 12.1. The van der Waals surface area contributed by atoms with E-state index < -0.39 is 0 Å². The average Bonchev–Trinajstić information content (AvgIpc) is 3.05. The lowest BCUT2D eigenvalue weighted by atomic mass is 9.95. The van der Waals surface area contributed by atoms with Gasteiger partial charge in [0.15, 0.2) is 0 Å². The fourth-order valence-electron chi connectivity index (χ4n) is 4.32. The molecule has 0 saturated carbocycles. The third kappa shape index (κ3) is 6.43. The van der Waals surface area contributed by atoms with Gasteiger partial charge in [-0.1, -0.05) is 25.5 Å². The zero-order chi connectivity index (χ0) is 21.5. The normalized spacial score (nSPS) is 15.3. The number of rotatable bonds is 9. The van der Waals surface area contributed by atoms with Crippen molar-refractivity contribution in [2.45, 2.75) is 58.9 Å². The topological polar surface area (TPSA) is 78.2 Å². The average molecular weight is 451 g/mol. The maximum absolute atomic E-state index is 12.9. The van der Waals surface area contributed by atoms with E-state index in [0.717, 1.165) is 43.6 Å². The first-order valence-electron chi connectivity index (χ1n) is 11.1. The van der Waals surface area contributed by atoms with Gasteiger partial charge in [0.1, 0.15) is 5.82 Å². The van der Waals surface area contributed by atoms with Gasteiger partial charge in [0.05, 0.1) is 18.7 Å². The molecule has 1 aromatic carbocycles. The van der Waals surface area contributed by atoms with E-state index >= 15 is 0 Å². The third-order valence-electron chi connectivity index (χ3n) is 6.06. The summed E-state index contributed by atoms with van der Waals surface area (Å²) in [5.74, 6) is 1.06. The predicted octanol–water partition coefficient (Wildman–Crippen LogP) is 3.29. The molecular formula is C23H35ClN4O3. The lowest BCUT2D eigenvalue weighted by Gasteiger charge is -2.22. The number of benzene rings is 1. The number of carbonyl (C=O) groups is 1. The van der Waals surface area contributed by atoms with Crippen molar-refractivity contribution in [3.05, 3.63) is 46.1 Å². The van der Waals surface area contributed by atoms with Crippen LogP contribution in [0.15, 0.2) is 29.1 Å². The van der Waals surface area contributed by atoms with Crippen molar-refractivity contribution in [2.75, 3.05) is 20.2 Å². The molecule has 0 aliphatic carbocycles. The van der Waals surface area contributed by atoms with E-state index in [1.165, 1.54) is 20.0 Å². The quantitative estimate of drug-likeness (QED) is 0.593. The van der Waals surface area contributed by atoms with Crippen molar-refractivity contribution in [1.29, 1.82) is 0 Å². The SMILES string of the molecule is CCCC(Cc1ccc(-n2c(C)nn(CCC3CCNCC3)c2=O)cc1)C(=O)OC.Cl. The Balaban J connectivity index is 0.00000341. The number of nitrogens with zero attached hydrogens (tertiary/aromatic N) is 3. The van der Waals surface area contributed by atoms with E-state index in [-0.39, 0.29) is 30.0 Å². The molecule has 1 atom stereocenters. The van der Waals surface area contributed by atoms with E-state index in [9.17, 15) is 9.59 Å². The Morgan fingerprint density at radius 3 is 2.55 bits per heavy atom. The molecule has 31 heavy (non-hydrogen) atoms. The van der Waals surface area contributed by atoms with Crippen LogP contribution in [0.25, 0.3) is 5.69 Å². The van der Waals surface area contributed by atoms with Crippen LogP contribution in [0.1, 0.15) is 50.4 Å². The molecule has 1 fully saturated rings. The number of ether oxygens (including phenoxy) is 1. The van der Waals surface area contributed by atoms with Gasteiger partial charge in [-0.25, -0.2) is 14.0 Å². The minimum atomic E-state index is -0.164. The molecule has 1 aliphatic rings. The van der Waals surface area contributed by atoms with Crippen molar-refractivity contribution in [3.63, 3.8) is 0 Å². The fraction of sp³-hybridized carbons (Fsp3) is 0.609. The summed E-state index contributed by atoms with van der Waals surface area (Å²) in [4.78, 5) is 24.9. The zero-order valence-electron chi connectivity index (χ0n) is 18.8. The van der Waals surface area contributed by atoms with E-state index in [1.807, 2.05) is 31.2 Å². The van der Waals surface area contributed by atoms with Crippen LogP contribution in [0.5, 0.6) is 0 Å². The minimum Gasteiger partial charge on any atom is -0.469 e.